The monoisotopic (exact) mass is 267 g/mol. The summed E-state index contributed by atoms with van der Waals surface area (Å²) >= 11 is 6.02. The Morgan fingerprint density at radius 2 is 2.11 bits per heavy atom. The van der Waals surface area contributed by atoms with Crippen molar-refractivity contribution in [3.63, 3.8) is 0 Å². The van der Waals surface area contributed by atoms with Crippen LogP contribution in [0.5, 0.6) is 0 Å². The molecular weight excluding hydrogens is 250 g/mol. The maximum absolute atomic E-state index is 11.6. The fourth-order valence-corrected chi connectivity index (χ4v) is 2.29. The molecule has 98 valence electrons. The third-order valence-electron chi connectivity index (χ3n) is 3.48. The van der Waals surface area contributed by atoms with Crippen LogP contribution < -0.4 is 5.32 Å². The molecule has 1 aliphatic rings. The van der Waals surface area contributed by atoms with E-state index in [1.807, 2.05) is 24.3 Å². The molecule has 0 saturated heterocycles. The molecule has 0 heterocycles. The standard InChI is InChI=1S/C14H18ClNO2/c15-12-5-2-1-4-11(12)6-7-13(17)16-10-14(18)8-3-9-14/h1-2,4-5,18H,3,6-10H2,(H,16,17). The molecule has 1 aliphatic carbocycles. The topological polar surface area (TPSA) is 49.3 Å². The number of carbonyl (C=O) groups is 1. The normalized spacial score (nSPS) is 17.0. The minimum absolute atomic E-state index is 0.0322. The van der Waals surface area contributed by atoms with Gasteiger partial charge < -0.3 is 10.4 Å². The third-order valence-corrected chi connectivity index (χ3v) is 3.85. The number of hydrogen-bond donors (Lipinski definition) is 2. The maximum atomic E-state index is 11.6. The molecule has 2 N–H and O–H groups in total. The first-order valence-electron chi connectivity index (χ1n) is 6.32. The lowest BCUT2D eigenvalue weighted by molar-refractivity contribution is -0.123. The summed E-state index contributed by atoms with van der Waals surface area (Å²) in [6.07, 6.45) is 3.66. The second kappa shape index (κ2) is 5.72. The number of halogens is 1. The van der Waals surface area contributed by atoms with Crippen molar-refractivity contribution in [3.05, 3.63) is 34.9 Å². The van der Waals surface area contributed by atoms with Gasteiger partial charge in [-0.05, 0) is 37.3 Å². The van der Waals surface area contributed by atoms with E-state index in [1.165, 1.54) is 0 Å². The van der Waals surface area contributed by atoms with Crippen LogP contribution in [-0.2, 0) is 11.2 Å². The van der Waals surface area contributed by atoms with E-state index < -0.39 is 5.60 Å². The Labute approximate surface area is 112 Å². The summed E-state index contributed by atoms with van der Waals surface area (Å²) in [6.45, 7) is 0.369. The maximum Gasteiger partial charge on any atom is 0.220 e. The first-order valence-corrected chi connectivity index (χ1v) is 6.69. The van der Waals surface area contributed by atoms with E-state index in [0.717, 1.165) is 24.8 Å². The molecule has 2 rings (SSSR count). The quantitative estimate of drug-likeness (QED) is 0.860. The first-order chi connectivity index (χ1) is 8.59. The van der Waals surface area contributed by atoms with Gasteiger partial charge in [-0.15, -0.1) is 0 Å². The largest absolute Gasteiger partial charge is 0.388 e. The lowest BCUT2D eigenvalue weighted by Crippen LogP contribution is -2.47. The van der Waals surface area contributed by atoms with E-state index >= 15 is 0 Å². The fraction of sp³-hybridized carbons (Fsp3) is 0.500. The highest BCUT2D eigenvalue weighted by Crippen LogP contribution is 2.30. The Morgan fingerprint density at radius 1 is 1.39 bits per heavy atom. The molecule has 0 aliphatic heterocycles. The van der Waals surface area contributed by atoms with Crippen LogP contribution in [0.15, 0.2) is 24.3 Å². The van der Waals surface area contributed by atoms with Crippen molar-refractivity contribution in [2.45, 2.75) is 37.7 Å². The summed E-state index contributed by atoms with van der Waals surface area (Å²) in [4.78, 5) is 11.6. The molecule has 0 aromatic heterocycles. The van der Waals surface area contributed by atoms with E-state index in [0.29, 0.717) is 24.4 Å². The van der Waals surface area contributed by atoms with E-state index in [9.17, 15) is 9.90 Å². The third kappa shape index (κ3) is 3.47. The van der Waals surface area contributed by atoms with Gasteiger partial charge in [0.05, 0.1) is 5.60 Å². The Kier molecular flexibility index (Phi) is 4.25. The lowest BCUT2D eigenvalue weighted by Gasteiger charge is -2.36. The molecule has 4 heteroatoms. The summed E-state index contributed by atoms with van der Waals surface area (Å²) in [5.74, 6) is -0.0322. The van der Waals surface area contributed by atoms with E-state index in [4.69, 9.17) is 11.6 Å². The van der Waals surface area contributed by atoms with Gasteiger partial charge in [0.25, 0.3) is 0 Å². The molecule has 0 bridgehead atoms. The van der Waals surface area contributed by atoms with Crippen LogP contribution in [0.1, 0.15) is 31.2 Å². The van der Waals surface area contributed by atoms with Crippen molar-refractivity contribution >= 4 is 17.5 Å². The summed E-state index contributed by atoms with van der Waals surface area (Å²) in [5.41, 5.74) is 0.330. The van der Waals surface area contributed by atoms with Gasteiger partial charge in [0.2, 0.25) is 5.91 Å². The number of hydrogen-bond acceptors (Lipinski definition) is 2. The van der Waals surface area contributed by atoms with Crippen LogP contribution in [0, 0.1) is 0 Å². The van der Waals surface area contributed by atoms with Gasteiger partial charge in [-0.1, -0.05) is 29.8 Å². The van der Waals surface area contributed by atoms with Crippen molar-refractivity contribution in [3.8, 4) is 0 Å². The number of rotatable bonds is 5. The lowest BCUT2D eigenvalue weighted by atomic mass is 9.80. The van der Waals surface area contributed by atoms with Gasteiger partial charge in [-0.2, -0.15) is 0 Å². The van der Waals surface area contributed by atoms with Gasteiger partial charge in [-0.3, -0.25) is 4.79 Å². The average Bonchev–Trinajstić information content (AvgIpc) is 2.33. The van der Waals surface area contributed by atoms with E-state index in [1.54, 1.807) is 0 Å². The Morgan fingerprint density at radius 3 is 2.72 bits per heavy atom. The molecule has 0 atom stereocenters. The minimum Gasteiger partial charge on any atom is -0.388 e. The highest BCUT2D eigenvalue weighted by atomic mass is 35.5. The van der Waals surface area contributed by atoms with Gasteiger partial charge in [0, 0.05) is 18.0 Å². The van der Waals surface area contributed by atoms with E-state index in [-0.39, 0.29) is 5.91 Å². The molecule has 0 radical (unpaired) electrons. The molecule has 1 fully saturated rings. The van der Waals surface area contributed by atoms with Gasteiger partial charge in [0.1, 0.15) is 0 Å². The second-order valence-corrected chi connectivity index (χ2v) is 5.35. The fourth-order valence-electron chi connectivity index (χ4n) is 2.06. The Balaban J connectivity index is 1.73. The molecule has 0 spiro atoms. The second-order valence-electron chi connectivity index (χ2n) is 4.95. The molecular formula is C14H18ClNO2. The summed E-state index contributed by atoms with van der Waals surface area (Å²) in [5, 5.41) is 13.3. The molecule has 0 unspecified atom stereocenters. The first kappa shape index (κ1) is 13.4. The van der Waals surface area contributed by atoms with Crippen molar-refractivity contribution in [1.29, 1.82) is 0 Å². The molecule has 1 saturated carbocycles. The summed E-state index contributed by atoms with van der Waals surface area (Å²) in [7, 11) is 0. The highest BCUT2D eigenvalue weighted by Gasteiger charge is 2.34. The molecule has 1 aromatic carbocycles. The van der Waals surface area contributed by atoms with Gasteiger partial charge in [-0.25, -0.2) is 0 Å². The predicted molar refractivity (Wildman–Crippen MR) is 71.6 cm³/mol. The smallest absolute Gasteiger partial charge is 0.220 e. The number of benzene rings is 1. The van der Waals surface area contributed by atoms with E-state index in [2.05, 4.69) is 5.32 Å². The van der Waals surface area contributed by atoms with Crippen LogP contribution in [0.3, 0.4) is 0 Å². The summed E-state index contributed by atoms with van der Waals surface area (Å²) < 4.78 is 0. The van der Waals surface area contributed by atoms with Crippen LogP contribution in [0.4, 0.5) is 0 Å². The Bertz CT molecular complexity index is 430. The highest BCUT2D eigenvalue weighted by molar-refractivity contribution is 6.31. The SMILES string of the molecule is O=C(CCc1ccccc1Cl)NCC1(O)CCC1. The summed E-state index contributed by atoms with van der Waals surface area (Å²) in [6, 6.07) is 7.54. The Hall–Kier alpha value is -1.06. The predicted octanol–water partition coefficient (Wildman–Crippen LogP) is 2.30. The molecule has 1 amide bonds. The number of nitrogens with one attached hydrogen (secondary N) is 1. The van der Waals surface area contributed by atoms with Crippen LogP contribution in [0.2, 0.25) is 5.02 Å². The van der Waals surface area contributed by atoms with Crippen molar-refractivity contribution < 1.29 is 9.90 Å². The van der Waals surface area contributed by atoms with Crippen molar-refractivity contribution in [2.75, 3.05) is 6.54 Å². The number of aryl methyl sites for hydroxylation is 1. The zero-order chi connectivity index (χ0) is 13.0. The van der Waals surface area contributed by atoms with Gasteiger partial charge >= 0.3 is 0 Å². The van der Waals surface area contributed by atoms with Crippen LogP contribution >= 0.6 is 11.6 Å². The minimum atomic E-state index is -0.653. The number of carbonyl (C=O) groups excluding carboxylic acids is 1. The van der Waals surface area contributed by atoms with Crippen LogP contribution in [0.25, 0.3) is 0 Å². The van der Waals surface area contributed by atoms with Gasteiger partial charge in [0.15, 0.2) is 0 Å². The molecule has 18 heavy (non-hydrogen) atoms. The average molecular weight is 268 g/mol. The number of aliphatic hydroxyl groups is 1. The molecule has 3 nitrogen and oxygen atoms in total. The van der Waals surface area contributed by atoms with Crippen molar-refractivity contribution in [2.24, 2.45) is 0 Å². The van der Waals surface area contributed by atoms with Crippen molar-refractivity contribution in [1.82, 2.24) is 5.32 Å². The zero-order valence-corrected chi connectivity index (χ0v) is 11.0. The molecule has 1 aromatic rings. The zero-order valence-electron chi connectivity index (χ0n) is 10.3. The van der Waals surface area contributed by atoms with Crippen LogP contribution in [-0.4, -0.2) is 23.2 Å². The number of amides is 1.